The quantitative estimate of drug-likeness (QED) is 0.371. The van der Waals surface area contributed by atoms with Crippen molar-refractivity contribution in [3.63, 3.8) is 0 Å². The molecule has 1 fully saturated rings. The van der Waals surface area contributed by atoms with Crippen LogP contribution in [0.5, 0.6) is 0 Å². The van der Waals surface area contributed by atoms with Crippen LogP contribution in [-0.2, 0) is 0 Å². The van der Waals surface area contributed by atoms with Gasteiger partial charge >= 0.3 is 0 Å². The third-order valence-electron chi connectivity index (χ3n) is 6.30. The molecule has 5 aromatic rings. The summed E-state index contributed by atoms with van der Waals surface area (Å²) in [5.41, 5.74) is 4.82. The van der Waals surface area contributed by atoms with Crippen LogP contribution in [0, 0.1) is 6.92 Å². The molecule has 8 nitrogen and oxygen atoms in total. The van der Waals surface area contributed by atoms with Gasteiger partial charge in [0.2, 0.25) is 0 Å². The van der Waals surface area contributed by atoms with Crippen molar-refractivity contribution in [1.29, 1.82) is 0 Å². The smallest absolute Gasteiger partial charge is 0.168 e. The molecule has 6 rings (SSSR count). The molecule has 0 atom stereocenters. The highest BCUT2D eigenvalue weighted by atomic mass is 35.5. The van der Waals surface area contributed by atoms with Gasteiger partial charge in [0.1, 0.15) is 12.1 Å². The van der Waals surface area contributed by atoms with Crippen molar-refractivity contribution in [3.05, 3.63) is 83.8 Å². The zero-order chi connectivity index (χ0) is 23.8. The molecule has 9 heteroatoms. The average Bonchev–Trinajstić information content (AvgIpc) is 3.34. The summed E-state index contributed by atoms with van der Waals surface area (Å²) in [6, 6.07) is 20.0. The highest BCUT2D eigenvalue weighted by Gasteiger charge is 2.22. The van der Waals surface area contributed by atoms with Crippen molar-refractivity contribution in [3.8, 4) is 16.9 Å². The van der Waals surface area contributed by atoms with E-state index in [0.717, 1.165) is 65.8 Å². The summed E-state index contributed by atoms with van der Waals surface area (Å²) >= 11 is 6.18. The Morgan fingerprint density at radius 1 is 0.829 bits per heavy atom. The monoisotopic (exact) mass is 482 g/mol. The summed E-state index contributed by atoms with van der Waals surface area (Å²) in [5.74, 6) is 1.78. The first-order chi connectivity index (χ1) is 17.2. The average molecular weight is 483 g/mol. The van der Waals surface area contributed by atoms with Crippen molar-refractivity contribution in [2.24, 2.45) is 0 Å². The minimum atomic E-state index is 0.659. The van der Waals surface area contributed by atoms with E-state index in [-0.39, 0.29) is 0 Å². The molecule has 0 N–H and O–H groups in total. The normalized spacial score (nSPS) is 14.0. The van der Waals surface area contributed by atoms with E-state index >= 15 is 0 Å². The third kappa shape index (κ3) is 4.17. The van der Waals surface area contributed by atoms with Crippen LogP contribution >= 0.6 is 11.6 Å². The lowest BCUT2D eigenvalue weighted by atomic mass is 10.1. The van der Waals surface area contributed by atoms with Gasteiger partial charge in [-0.2, -0.15) is 5.10 Å². The molecule has 4 heterocycles. The standard InChI is InChI=1S/C26H23ClN8/c1-18-5-7-19(8-6-18)23-9-10-24(32-31-23)33-11-13-34(14-12-33)25-22-16-30-35(26(22)29-17-28-25)21-4-2-3-20(27)15-21/h2-10,15-17H,11-14H2,1H3. The Balaban J connectivity index is 1.19. The van der Waals surface area contributed by atoms with E-state index in [1.807, 2.05) is 36.5 Å². The number of nitrogens with zero attached hydrogens (tertiary/aromatic N) is 8. The number of anilines is 2. The van der Waals surface area contributed by atoms with Crippen LogP contribution < -0.4 is 9.80 Å². The second-order valence-corrected chi connectivity index (χ2v) is 9.02. The van der Waals surface area contributed by atoms with Crippen LogP contribution in [0.3, 0.4) is 0 Å². The van der Waals surface area contributed by atoms with Gasteiger partial charge in [0.15, 0.2) is 11.5 Å². The van der Waals surface area contributed by atoms with Crippen molar-refractivity contribution >= 4 is 34.3 Å². The van der Waals surface area contributed by atoms with Crippen molar-refractivity contribution in [1.82, 2.24) is 29.9 Å². The Hall–Kier alpha value is -4.04. The summed E-state index contributed by atoms with van der Waals surface area (Å²) in [4.78, 5) is 13.6. The highest BCUT2D eigenvalue weighted by molar-refractivity contribution is 6.30. The molecular formula is C26H23ClN8. The zero-order valence-electron chi connectivity index (χ0n) is 19.2. The van der Waals surface area contributed by atoms with Gasteiger partial charge in [-0.15, -0.1) is 10.2 Å². The molecule has 0 unspecified atom stereocenters. The zero-order valence-corrected chi connectivity index (χ0v) is 20.0. The molecule has 174 valence electrons. The number of halogens is 1. The number of hydrogen-bond acceptors (Lipinski definition) is 7. The van der Waals surface area contributed by atoms with Gasteiger partial charge in [-0.1, -0.05) is 47.5 Å². The summed E-state index contributed by atoms with van der Waals surface area (Å²) in [7, 11) is 0. The van der Waals surface area contributed by atoms with Gasteiger partial charge in [0.05, 0.1) is 23.0 Å². The number of piperazine rings is 1. The maximum Gasteiger partial charge on any atom is 0.168 e. The number of fused-ring (bicyclic) bond motifs is 1. The minimum absolute atomic E-state index is 0.659. The molecule has 0 radical (unpaired) electrons. The summed E-state index contributed by atoms with van der Waals surface area (Å²) in [5, 5.41) is 15.1. The van der Waals surface area contributed by atoms with E-state index in [0.29, 0.717) is 5.02 Å². The van der Waals surface area contributed by atoms with Gasteiger partial charge in [-0.05, 0) is 37.3 Å². The molecule has 0 aliphatic carbocycles. The second kappa shape index (κ2) is 8.96. The molecule has 3 aromatic heterocycles. The molecule has 0 bridgehead atoms. The third-order valence-corrected chi connectivity index (χ3v) is 6.53. The topological polar surface area (TPSA) is 75.9 Å². The van der Waals surface area contributed by atoms with Gasteiger partial charge < -0.3 is 9.80 Å². The van der Waals surface area contributed by atoms with Crippen LogP contribution in [0.4, 0.5) is 11.6 Å². The van der Waals surface area contributed by atoms with E-state index in [2.05, 4.69) is 72.3 Å². The SMILES string of the molecule is Cc1ccc(-c2ccc(N3CCN(c4ncnc5c4cnn5-c4cccc(Cl)c4)CC3)nn2)cc1. The van der Waals surface area contributed by atoms with Crippen LogP contribution in [0.1, 0.15) is 5.56 Å². The largest absolute Gasteiger partial charge is 0.352 e. The maximum atomic E-state index is 6.18. The van der Waals surface area contributed by atoms with E-state index in [9.17, 15) is 0 Å². The molecular weight excluding hydrogens is 460 g/mol. The van der Waals surface area contributed by atoms with Crippen molar-refractivity contribution < 1.29 is 0 Å². The molecule has 1 saturated heterocycles. The molecule has 1 aliphatic rings. The van der Waals surface area contributed by atoms with E-state index in [4.69, 9.17) is 11.6 Å². The van der Waals surface area contributed by atoms with E-state index in [1.54, 1.807) is 11.0 Å². The minimum Gasteiger partial charge on any atom is -0.352 e. The fraction of sp³-hybridized carbons (Fsp3) is 0.192. The second-order valence-electron chi connectivity index (χ2n) is 8.59. The highest BCUT2D eigenvalue weighted by Crippen LogP contribution is 2.27. The van der Waals surface area contributed by atoms with E-state index < -0.39 is 0 Å². The van der Waals surface area contributed by atoms with Crippen molar-refractivity contribution in [2.45, 2.75) is 6.92 Å². The molecule has 0 saturated carbocycles. The summed E-state index contributed by atoms with van der Waals surface area (Å²) in [6.45, 7) is 5.36. The first kappa shape index (κ1) is 21.5. The molecule has 1 aliphatic heterocycles. The number of hydrogen-bond donors (Lipinski definition) is 0. The summed E-state index contributed by atoms with van der Waals surface area (Å²) in [6.07, 6.45) is 3.43. The molecule has 0 spiro atoms. The molecule has 2 aromatic carbocycles. The van der Waals surface area contributed by atoms with Gasteiger partial charge in [-0.3, -0.25) is 0 Å². The first-order valence-corrected chi connectivity index (χ1v) is 11.9. The Morgan fingerprint density at radius 3 is 2.37 bits per heavy atom. The number of aromatic nitrogens is 6. The van der Waals surface area contributed by atoms with Crippen LogP contribution in [0.25, 0.3) is 28.0 Å². The number of rotatable bonds is 4. The van der Waals surface area contributed by atoms with Crippen LogP contribution in [-0.4, -0.2) is 56.1 Å². The lowest BCUT2D eigenvalue weighted by molar-refractivity contribution is 0.639. The van der Waals surface area contributed by atoms with Gasteiger partial charge in [0, 0.05) is 36.8 Å². The fourth-order valence-corrected chi connectivity index (χ4v) is 4.58. The van der Waals surface area contributed by atoms with E-state index in [1.165, 1.54) is 5.56 Å². The Morgan fingerprint density at radius 2 is 1.63 bits per heavy atom. The number of benzene rings is 2. The Bertz CT molecular complexity index is 1470. The summed E-state index contributed by atoms with van der Waals surface area (Å²) < 4.78 is 1.80. The van der Waals surface area contributed by atoms with Gasteiger partial charge in [-0.25, -0.2) is 14.6 Å². The predicted molar refractivity (Wildman–Crippen MR) is 138 cm³/mol. The molecule has 35 heavy (non-hydrogen) atoms. The predicted octanol–water partition coefficient (Wildman–Crippen LogP) is 4.56. The Kier molecular flexibility index (Phi) is 5.50. The fourth-order valence-electron chi connectivity index (χ4n) is 4.40. The molecule has 0 amide bonds. The van der Waals surface area contributed by atoms with Crippen molar-refractivity contribution in [2.75, 3.05) is 36.0 Å². The Labute approximate surface area is 207 Å². The lowest BCUT2D eigenvalue weighted by Gasteiger charge is -2.35. The van der Waals surface area contributed by atoms with Gasteiger partial charge in [0.25, 0.3) is 0 Å². The first-order valence-electron chi connectivity index (χ1n) is 11.5. The lowest BCUT2D eigenvalue weighted by Crippen LogP contribution is -2.47. The number of aryl methyl sites for hydroxylation is 1. The maximum absolute atomic E-state index is 6.18. The van der Waals surface area contributed by atoms with Crippen LogP contribution in [0.15, 0.2) is 73.2 Å². The van der Waals surface area contributed by atoms with Crippen LogP contribution in [0.2, 0.25) is 5.02 Å².